The lowest BCUT2D eigenvalue weighted by Crippen LogP contribution is -2.60. The van der Waals surface area contributed by atoms with Gasteiger partial charge in [-0.25, -0.2) is 0 Å². The first-order valence-electron chi connectivity index (χ1n) is 7.39. The van der Waals surface area contributed by atoms with Crippen molar-refractivity contribution < 1.29 is 5.11 Å². The van der Waals surface area contributed by atoms with E-state index in [0.29, 0.717) is 12.6 Å². The van der Waals surface area contributed by atoms with E-state index in [-0.39, 0.29) is 11.6 Å². The molecule has 0 aromatic heterocycles. The van der Waals surface area contributed by atoms with Gasteiger partial charge in [-0.1, -0.05) is 6.92 Å². The van der Waals surface area contributed by atoms with Crippen LogP contribution in [0.3, 0.4) is 0 Å². The Morgan fingerprint density at radius 2 is 1.94 bits per heavy atom. The second-order valence-electron chi connectivity index (χ2n) is 5.96. The third-order valence-electron chi connectivity index (χ3n) is 3.99. The van der Waals surface area contributed by atoms with Crippen LogP contribution in [0.4, 0.5) is 0 Å². The summed E-state index contributed by atoms with van der Waals surface area (Å²) in [6.07, 6.45) is 4.01. The van der Waals surface area contributed by atoms with Crippen molar-refractivity contribution in [2.75, 3.05) is 26.2 Å². The Morgan fingerprint density at radius 3 is 2.39 bits per heavy atom. The molecular formula is C14H31N3O. The molecule has 4 heteroatoms. The number of nitrogens with zero attached hydrogens (tertiary/aromatic N) is 1. The summed E-state index contributed by atoms with van der Waals surface area (Å²) in [4.78, 5) is 2.52. The fraction of sp³-hybridized carbons (Fsp3) is 1.00. The largest absolute Gasteiger partial charge is 0.393 e. The fourth-order valence-corrected chi connectivity index (χ4v) is 3.02. The van der Waals surface area contributed by atoms with E-state index < -0.39 is 0 Å². The summed E-state index contributed by atoms with van der Waals surface area (Å²) in [6, 6.07) is 0.325. The van der Waals surface area contributed by atoms with E-state index in [9.17, 15) is 5.11 Å². The summed E-state index contributed by atoms with van der Waals surface area (Å²) in [5.74, 6) is 0. The van der Waals surface area contributed by atoms with Crippen molar-refractivity contribution in [1.82, 2.24) is 10.2 Å². The Kier molecular flexibility index (Phi) is 6.57. The van der Waals surface area contributed by atoms with E-state index in [1.807, 2.05) is 6.92 Å². The molecule has 0 amide bonds. The maximum absolute atomic E-state index is 9.44. The molecule has 1 aliphatic heterocycles. The molecule has 1 fully saturated rings. The Morgan fingerprint density at radius 1 is 1.33 bits per heavy atom. The summed E-state index contributed by atoms with van der Waals surface area (Å²) < 4.78 is 0. The van der Waals surface area contributed by atoms with Crippen LogP contribution >= 0.6 is 0 Å². The minimum atomic E-state index is -0.248. The molecule has 0 aliphatic carbocycles. The monoisotopic (exact) mass is 257 g/mol. The highest BCUT2D eigenvalue weighted by molar-refractivity contribution is 4.95. The molecule has 0 spiro atoms. The molecule has 1 aliphatic rings. The van der Waals surface area contributed by atoms with Gasteiger partial charge in [0.15, 0.2) is 0 Å². The van der Waals surface area contributed by atoms with Crippen LogP contribution < -0.4 is 11.1 Å². The van der Waals surface area contributed by atoms with Gasteiger partial charge in [-0.3, -0.25) is 0 Å². The number of nitrogens with two attached hydrogens (primary N) is 1. The van der Waals surface area contributed by atoms with Gasteiger partial charge in [0.05, 0.1) is 6.10 Å². The van der Waals surface area contributed by atoms with Crippen LogP contribution in [0.2, 0.25) is 0 Å². The number of likely N-dealkylation sites (tertiary alicyclic amines) is 1. The lowest BCUT2D eigenvalue weighted by molar-refractivity contribution is 0.114. The molecule has 2 unspecified atom stereocenters. The predicted molar refractivity (Wildman–Crippen MR) is 76.6 cm³/mol. The Bertz CT molecular complexity index is 225. The third-order valence-corrected chi connectivity index (χ3v) is 3.99. The zero-order valence-electron chi connectivity index (χ0n) is 12.3. The summed E-state index contributed by atoms with van der Waals surface area (Å²) in [7, 11) is 0. The van der Waals surface area contributed by atoms with Crippen molar-refractivity contribution >= 4 is 0 Å². The molecule has 0 aromatic carbocycles. The highest BCUT2D eigenvalue weighted by Crippen LogP contribution is 2.22. The van der Waals surface area contributed by atoms with Crippen LogP contribution in [0.1, 0.15) is 46.5 Å². The Hall–Kier alpha value is -0.160. The molecule has 1 rings (SSSR count). The van der Waals surface area contributed by atoms with Gasteiger partial charge in [0, 0.05) is 18.1 Å². The summed E-state index contributed by atoms with van der Waals surface area (Å²) in [5, 5.41) is 13.1. The Balaban J connectivity index is 2.45. The number of hydrogen-bond acceptors (Lipinski definition) is 4. The van der Waals surface area contributed by atoms with Crippen molar-refractivity contribution in [3.63, 3.8) is 0 Å². The van der Waals surface area contributed by atoms with Gasteiger partial charge < -0.3 is 21.1 Å². The third kappa shape index (κ3) is 4.84. The molecule has 1 saturated heterocycles. The summed E-state index contributed by atoms with van der Waals surface area (Å²) in [5.41, 5.74) is 6.08. The average Bonchev–Trinajstić information content (AvgIpc) is 2.31. The maximum atomic E-state index is 9.44. The normalized spacial score (nSPS) is 23.8. The molecule has 108 valence electrons. The van der Waals surface area contributed by atoms with Gasteiger partial charge >= 0.3 is 0 Å². The summed E-state index contributed by atoms with van der Waals surface area (Å²) >= 11 is 0. The van der Waals surface area contributed by atoms with Gasteiger partial charge in [0.1, 0.15) is 0 Å². The fourth-order valence-electron chi connectivity index (χ4n) is 3.02. The first kappa shape index (κ1) is 15.9. The SMILES string of the molecule is CCCN1CCC(CN)(NC(C)CC(C)O)CC1. The van der Waals surface area contributed by atoms with Gasteiger partial charge in [-0.15, -0.1) is 0 Å². The number of aliphatic hydroxyl groups excluding tert-OH is 1. The van der Waals surface area contributed by atoms with Gasteiger partial charge in [-0.2, -0.15) is 0 Å². The van der Waals surface area contributed by atoms with E-state index in [1.54, 1.807) is 0 Å². The van der Waals surface area contributed by atoms with Crippen molar-refractivity contribution in [2.45, 2.75) is 64.1 Å². The number of hydrogen-bond donors (Lipinski definition) is 3. The molecule has 0 radical (unpaired) electrons. The zero-order valence-corrected chi connectivity index (χ0v) is 12.3. The van der Waals surface area contributed by atoms with E-state index >= 15 is 0 Å². The predicted octanol–water partition coefficient (Wildman–Crippen LogP) is 0.939. The van der Waals surface area contributed by atoms with Crippen molar-refractivity contribution in [2.24, 2.45) is 5.73 Å². The molecule has 0 bridgehead atoms. The summed E-state index contributed by atoms with van der Waals surface area (Å²) in [6.45, 7) is 10.4. The van der Waals surface area contributed by atoms with Crippen molar-refractivity contribution in [3.05, 3.63) is 0 Å². The first-order valence-corrected chi connectivity index (χ1v) is 7.39. The molecule has 1 heterocycles. The molecular weight excluding hydrogens is 226 g/mol. The first-order chi connectivity index (χ1) is 8.51. The van der Waals surface area contributed by atoms with Crippen molar-refractivity contribution in [3.8, 4) is 0 Å². The van der Waals surface area contributed by atoms with Crippen LogP contribution in [0.5, 0.6) is 0 Å². The highest BCUT2D eigenvalue weighted by Gasteiger charge is 2.33. The standard InChI is InChI=1S/C14H31N3O/c1-4-7-17-8-5-14(11-15,6-9-17)16-12(2)10-13(3)18/h12-13,16,18H,4-11,15H2,1-3H3. The second-order valence-corrected chi connectivity index (χ2v) is 5.96. The second kappa shape index (κ2) is 7.43. The van der Waals surface area contributed by atoms with E-state index in [1.165, 1.54) is 13.0 Å². The molecule has 0 saturated carbocycles. The van der Waals surface area contributed by atoms with Crippen molar-refractivity contribution in [1.29, 1.82) is 0 Å². The number of piperidine rings is 1. The molecule has 2 atom stereocenters. The smallest absolute Gasteiger partial charge is 0.0526 e. The minimum Gasteiger partial charge on any atom is -0.393 e. The molecule has 4 N–H and O–H groups in total. The van der Waals surface area contributed by atoms with Crippen LogP contribution in [0.15, 0.2) is 0 Å². The van der Waals surface area contributed by atoms with E-state index in [0.717, 1.165) is 32.4 Å². The number of aliphatic hydroxyl groups is 1. The lowest BCUT2D eigenvalue weighted by Gasteiger charge is -2.43. The Labute approximate surface area is 112 Å². The molecule has 0 aromatic rings. The van der Waals surface area contributed by atoms with Gasteiger partial charge in [-0.05, 0) is 59.2 Å². The average molecular weight is 257 g/mol. The van der Waals surface area contributed by atoms with Gasteiger partial charge in [0.2, 0.25) is 0 Å². The molecule has 4 nitrogen and oxygen atoms in total. The number of nitrogens with one attached hydrogen (secondary N) is 1. The molecule has 18 heavy (non-hydrogen) atoms. The number of rotatable bonds is 7. The topological polar surface area (TPSA) is 61.5 Å². The zero-order chi connectivity index (χ0) is 13.6. The van der Waals surface area contributed by atoms with E-state index in [2.05, 4.69) is 24.1 Å². The highest BCUT2D eigenvalue weighted by atomic mass is 16.3. The lowest BCUT2D eigenvalue weighted by atomic mass is 9.86. The maximum Gasteiger partial charge on any atom is 0.0526 e. The van der Waals surface area contributed by atoms with Crippen LogP contribution in [-0.4, -0.2) is 53.9 Å². The van der Waals surface area contributed by atoms with Crippen LogP contribution in [0, 0.1) is 0 Å². The quantitative estimate of drug-likeness (QED) is 0.635. The van der Waals surface area contributed by atoms with Crippen LogP contribution in [-0.2, 0) is 0 Å². The van der Waals surface area contributed by atoms with Crippen LogP contribution in [0.25, 0.3) is 0 Å². The van der Waals surface area contributed by atoms with E-state index in [4.69, 9.17) is 5.73 Å². The van der Waals surface area contributed by atoms with Gasteiger partial charge in [0.25, 0.3) is 0 Å². The minimum absolute atomic E-state index is 0.0819.